The van der Waals surface area contributed by atoms with Crippen molar-refractivity contribution in [1.82, 2.24) is 29.7 Å². The molecule has 3 fully saturated rings. The fourth-order valence-electron chi connectivity index (χ4n) is 9.54. The molecule has 2 aliphatic heterocycles. The molecule has 1 saturated carbocycles. The lowest BCUT2D eigenvalue weighted by atomic mass is 9.81. The van der Waals surface area contributed by atoms with E-state index in [2.05, 4.69) is 64.6 Å². The van der Waals surface area contributed by atoms with Crippen LogP contribution in [0.25, 0.3) is 44.5 Å². The van der Waals surface area contributed by atoms with Crippen LogP contribution in [0.15, 0.2) is 60.8 Å². The number of nitrogens with zero attached hydrogens (tertiary/aromatic N) is 4. The maximum Gasteiger partial charge on any atom is 0.410 e. The largest absolute Gasteiger partial charge is 0.444 e. The van der Waals surface area contributed by atoms with Gasteiger partial charge in [0.25, 0.3) is 0 Å². The second kappa shape index (κ2) is 13.3. The van der Waals surface area contributed by atoms with Crippen LogP contribution >= 0.6 is 0 Å². The van der Waals surface area contributed by atoms with Crippen molar-refractivity contribution in [2.45, 2.75) is 122 Å². The van der Waals surface area contributed by atoms with E-state index < -0.39 is 11.2 Å². The van der Waals surface area contributed by atoms with Gasteiger partial charge in [-0.1, -0.05) is 42.5 Å². The Morgan fingerprint density at radius 1 is 0.673 bits per heavy atom. The molecular formula is C45H52N6O4. The number of fused-ring (bicyclic) bond motifs is 6. The Hall–Kier alpha value is -5.12. The summed E-state index contributed by atoms with van der Waals surface area (Å²) in [7, 11) is 0. The van der Waals surface area contributed by atoms with Crippen LogP contribution in [0.5, 0.6) is 0 Å². The second-order valence-electron chi connectivity index (χ2n) is 18.0. The van der Waals surface area contributed by atoms with Gasteiger partial charge in [-0.3, -0.25) is 9.80 Å². The molecule has 3 aromatic carbocycles. The number of H-pyrrole nitrogens is 2. The molecule has 10 nitrogen and oxygen atoms in total. The average molecular weight is 741 g/mol. The van der Waals surface area contributed by atoms with Crippen LogP contribution in [0.1, 0.15) is 133 Å². The minimum absolute atomic E-state index is 0.114. The Morgan fingerprint density at radius 3 is 1.82 bits per heavy atom. The molecule has 2 unspecified atom stereocenters. The smallest absolute Gasteiger partial charge is 0.410 e. The summed E-state index contributed by atoms with van der Waals surface area (Å²) >= 11 is 0. The molecule has 4 aliphatic rings. The van der Waals surface area contributed by atoms with E-state index >= 15 is 0 Å². The molecule has 5 aromatic rings. The van der Waals surface area contributed by atoms with Crippen molar-refractivity contribution in [1.29, 1.82) is 0 Å². The van der Waals surface area contributed by atoms with Crippen LogP contribution in [-0.2, 0) is 9.47 Å². The maximum atomic E-state index is 13.0. The zero-order chi connectivity index (χ0) is 38.2. The third-order valence-corrected chi connectivity index (χ3v) is 11.8. The third-order valence-electron chi connectivity index (χ3n) is 11.8. The van der Waals surface area contributed by atoms with Crippen molar-refractivity contribution in [2.75, 3.05) is 13.1 Å². The quantitative estimate of drug-likeness (QED) is 0.185. The summed E-state index contributed by atoms with van der Waals surface area (Å²) < 4.78 is 11.4. The number of likely N-dealkylation sites (tertiary alicyclic amines) is 2. The molecule has 2 bridgehead atoms. The number of benzene rings is 3. The van der Waals surface area contributed by atoms with E-state index in [-0.39, 0.29) is 24.3 Å². The van der Waals surface area contributed by atoms with E-state index in [0.29, 0.717) is 24.9 Å². The summed E-state index contributed by atoms with van der Waals surface area (Å²) in [5.74, 6) is 2.78. The van der Waals surface area contributed by atoms with E-state index in [1.807, 2.05) is 52.6 Å². The number of amides is 2. The number of imidazole rings is 2. The maximum absolute atomic E-state index is 13.0. The summed E-state index contributed by atoms with van der Waals surface area (Å²) in [6.07, 6.45) is 8.59. The van der Waals surface area contributed by atoms with Crippen LogP contribution < -0.4 is 0 Å². The standard InChI is InChI=1S/C45H52N6O4/c1-44(2,3)54-42(52)50-21-7-9-36(50)40-46-25-35(49-40)27-13-11-26(12-14-27)31-18-19-32(39-30-16-15-29(23-30)38(31)39)28-17-20-33-34(24-28)48-41(47-33)37-10-8-22-51(37)43(53)55-45(4,5)6/h11-14,17-20,24-25,29-30,36-37H,7-10,15-16,21-23H2,1-6H3,(H,46,49)(H,47,48)/t29-,30+,36?,37?/m1/s1. The van der Waals surface area contributed by atoms with Crippen LogP contribution in [-0.4, -0.2) is 66.2 Å². The first-order chi connectivity index (χ1) is 26.3. The Morgan fingerprint density at radius 2 is 1.22 bits per heavy atom. The summed E-state index contributed by atoms with van der Waals surface area (Å²) in [5, 5.41) is 0. The van der Waals surface area contributed by atoms with Crippen LogP contribution in [0, 0.1) is 0 Å². The minimum Gasteiger partial charge on any atom is -0.444 e. The highest BCUT2D eigenvalue weighted by atomic mass is 16.6. The van der Waals surface area contributed by atoms with Gasteiger partial charge in [-0.05, 0) is 149 Å². The number of aromatic amines is 2. The highest BCUT2D eigenvalue weighted by Gasteiger charge is 2.41. The lowest BCUT2D eigenvalue weighted by molar-refractivity contribution is 0.0208. The van der Waals surface area contributed by atoms with Gasteiger partial charge < -0.3 is 19.4 Å². The van der Waals surface area contributed by atoms with Gasteiger partial charge in [0.05, 0.1) is 35.0 Å². The first-order valence-electron chi connectivity index (χ1n) is 20.1. The van der Waals surface area contributed by atoms with Crippen molar-refractivity contribution in [3.05, 3.63) is 83.6 Å². The number of nitrogens with one attached hydrogen (secondary N) is 2. The third kappa shape index (κ3) is 6.67. The fourth-order valence-corrected chi connectivity index (χ4v) is 9.54. The normalized spacial score (nSPS) is 22.1. The summed E-state index contributed by atoms with van der Waals surface area (Å²) in [6.45, 7) is 12.8. The number of carbonyl (C=O) groups excluding carboxylic acids is 2. The zero-order valence-corrected chi connectivity index (χ0v) is 32.9. The van der Waals surface area contributed by atoms with Gasteiger partial charge in [-0.15, -0.1) is 0 Å². The predicted molar refractivity (Wildman–Crippen MR) is 214 cm³/mol. The average Bonchev–Trinajstić information content (AvgIpc) is 3.98. The van der Waals surface area contributed by atoms with Crippen molar-refractivity contribution in [3.63, 3.8) is 0 Å². The van der Waals surface area contributed by atoms with Gasteiger partial charge in [-0.25, -0.2) is 19.6 Å². The lowest BCUT2D eigenvalue weighted by Gasteiger charge is -2.27. The summed E-state index contributed by atoms with van der Waals surface area (Å²) in [6, 6.07) is 19.8. The van der Waals surface area contributed by atoms with Gasteiger partial charge in [0, 0.05) is 13.1 Å². The molecule has 2 N–H and O–H groups in total. The van der Waals surface area contributed by atoms with Crippen molar-refractivity contribution in [3.8, 4) is 33.5 Å². The van der Waals surface area contributed by atoms with Crippen molar-refractivity contribution >= 4 is 23.2 Å². The van der Waals surface area contributed by atoms with Crippen molar-refractivity contribution in [2.24, 2.45) is 0 Å². The number of ether oxygens (including phenoxy) is 2. The monoisotopic (exact) mass is 740 g/mol. The molecule has 0 spiro atoms. The van der Waals surface area contributed by atoms with Gasteiger partial charge in [-0.2, -0.15) is 0 Å². The Kier molecular flexibility index (Phi) is 8.59. The molecule has 2 aliphatic carbocycles. The van der Waals surface area contributed by atoms with E-state index in [0.717, 1.165) is 59.6 Å². The second-order valence-corrected chi connectivity index (χ2v) is 18.0. The molecule has 2 saturated heterocycles. The Labute approximate surface area is 323 Å². The highest BCUT2D eigenvalue weighted by Crippen LogP contribution is 2.58. The molecule has 0 radical (unpaired) electrons. The predicted octanol–water partition coefficient (Wildman–Crippen LogP) is 10.8. The summed E-state index contributed by atoms with van der Waals surface area (Å²) in [4.78, 5) is 46.4. The lowest BCUT2D eigenvalue weighted by Crippen LogP contribution is -2.36. The van der Waals surface area contributed by atoms with Crippen LogP contribution in [0.4, 0.5) is 9.59 Å². The van der Waals surface area contributed by atoms with E-state index in [4.69, 9.17) is 19.4 Å². The Balaban J connectivity index is 0.972. The molecule has 9 rings (SSSR count). The van der Waals surface area contributed by atoms with Gasteiger partial charge >= 0.3 is 12.2 Å². The van der Waals surface area contributed by atoms with Crippen LogP contribution in [0.2, 0.25) is 0 Å². The molecule has 10 heteroatoms. The number of hydrogen-bond donors (Lipinski definition) is 2. The first kappa shape index (κ1) is 35.6. The van der Waals surface area contributed by atoms with Gasteiger partial charge in [0.2, 0.25) is 0 Å². The summed E-state index contributed by atoms with van der Waals surface area (Å²) in [5.41, 5.74) is 10.9. The number of rotatable bonds is 5. The molecule has 55 heavy (non-hydrogen) atoms. The van der Waals surface area contributed by atoms with Crippen molar-refractivity contribution < 1.29 is 19.1 Å². The zero-order valence-electron chi connectivity index (χ0n) is 32.9. The minimum atomic E-state index is -0.541. The molecule has 2 aromatic heterocycles. The topological polar surface area (TPSA) is 116 Å². The molecule has 286 valence electrons. The first-order valence-corrected chi connectivity index (χ1v) is 20.1. The van der Waals surface area contributed by atoms with Gasteiger partial charge in [0.15, 0.2) is 0 Å². The molecule has 4 heterocycles. The highest BCUT2D eigenvalue weighted by molar-refractivity contribution is 5.86. The van der Waals surface area contributed by atoms with E-state index in [1.54, 1.807) is 4.90 Å². The van der Waals surface area contributed by atoms with Gasteiger partial charge in [0.1, 0.15) is 22.9 Å². The fraction of sp³-hybridized carbons (Fsp3) is 0.467. The molecule has 2 amide bonds. The van der Waals surface area contributed by atoms with E-state index in [1.165, 1.54) is 52.6 Å². The number of hydrogen-bond acceptors (Lipinski definition) is 6. The molecule has 4 atom stereocenters. The SMILES string of the molecule is CC(C)(C)OC(=O)N1CCCC1c1ncc(-c2ccc(-c3ccc(-c4ccc5nc(C6CCCN6C(=O)OC(C)(C)C)[nH]c5c4)c4c3[C@@H]3CC[C@H]4C3)cc2)[nH]1. The number of carbonyl (C=O) groups is 2. The molecular weight excluding hydrogens is 689 g/mol. The van der Waals surface area contributed by atoms with E-state index in [9.17, 15) is 9.59 Å². The van der Waals surface area contributed by atoms with Crippen LogP contribution in [0.3, 0.4) is 0 Å². The number of aromatic nitrogens is 4. The Bertz CT molecular complexity index is 2270.